The number of para-hydroxylation sites is 4. The summed E-state index contributed by atoms with van der Waals surface area (Å²) in [5.74, 6) is 3.74. The fourth-order valence-electron chi connectivity index (χ4n) is 9.38. The zero-order valence-electron chi connectivity index (χ0n) is 39.7. The molecule has 0 spiro atoms. The van der Waals surface area contributed by atoms with Crippen LogP contribution in [0.5, 0.6) is 0 Å². The van der Waals surface area contributed by atoms with E-state index in [0.717, 1.165) is 84.3 Å². The van der Waals surface area contributed by atoms with Crippen LogP contribution < -0.4 is 9.80 Å². The van der Waals surface area contributed by atoms with Gasteiger partial charge in [0.2, 0.25) is 5.95 Å². The van der Waals surface area contributed by atoms with Crippen LogP contribution >= 0.6 is 0 Å². The topological polar surface area (TPSA) is 110 Å². The molecule has 0 fully saturated rings. The highest BCUT2D eigenvalue weighted by Crippen LogP contribution is 2.55. The smallest absolute Gasteiger partial charge is 0.238 e. The number of rotatable bonds is 10. The van der Waals surface area contributed by atoms with Crippen LogP contribution in [-0.4, -0.2) is 39.9 Å². The van der Waals surface area contributed by atoms with Crippen LogP contribution in [0.1, 0.15) is 0 Å². The first-order chi connectivity index (χ1) is 36.7. The molecule has 74 heavy (non-hydrogen) atoms. The summed E-state index contributed by atoms with van der Waals surface area (Å²) in [4.78, 5) is 46.3. The monoisotopic (exact) mass is 950 g/mol. The van der Waals surface area contributed by atoms with Gasteiger partial charge in [-0.3, -0.25) is 4.90 Å². The third kappa shape index (κ3) is 8.37. The van der Waals surface area contributed by atoms with Gasteiger partial charge in [0.1, 0.15) is 0 Å². The Kier molecular flexibility index (Phi) is 11.3. The van der Waals surface area contributed by atoms with Crippen LogP contribution in [-0.2, 0) is 0 Å². The molecule has 0 bridgehead atoms. The molecule has 10 heteroatoms. The second-order valence-electron chi connectivity index (χ2n) is 17.6. The maximum atomic E-state index is 5.34. The molecule has 0 radical (unpaired) electrons. The van der Waals surface area contributed by atoms with E-state index in [1.165, 1.54) is 0 Å². The average Bonchev–Trinajstić information content (AvgIpc) is 3.49. The zero-order valence-corrected chi connectivity index (χ0v) is 39.7. The lowest BCUT2D eigenvalue weighted by Crippen LogP contribution is -2.26. The van der Waals surface area contributed by atoms with Crippen LogP contribution in [0, 0.1) is 0 Å². The molecule has 1 aliphatic heterocycles. The van der Waals surface area contributed by atoms with Crippen molar-refractivity contribution >= 4 is 34.4 Å². The van der Waals surface area contributed by atoms with E-state index in [-0.39, 0.29) is 0 Å². The predicted octanol–water partition coefficient (Wildman–Crippen LogP) is 15.4. The van der Waals surface area contributed by atoms with Crippen molar-refractivity contribution in [2.45, 2.75) is 0 Å². The first-order valence-corrected chi connectivity index (χ1v) is 24.4. The fraction of sp³-hybridized carbons (Fsp3) is 0. The van der Waals surface area contributed by atoms with Gasteiger partial charge in [-0.15, -0.1) is 0 Å². The van der Waals surface area contributed by atoms with E-state index in [1.807, 2.05) is 170 Å². The number of benzene rings is 9. The summed E-state index contributed by atoms with van der Waals surface area (Å²) < 4.78 is 0. The van der Waals surface area contributed by atoms with Crippen LogP contribution in [0.15, 0.2) is 255 Å². The Morgan fingerprint density at radius 2 is 0.514 bits per heavy atom. The molecule has 1 aliphatic rings. The standard InChI is InChI=1S/C64H42N10/c1-7-23-43(24-8-1)51-42-52(44-25-9-2-10-26-44)66-62(65-51)49-39-40-53(50(41-49)63-69-58(45-27-11-3-12-28-45)67-59(70-63)46-29-13-4-14-30-46)73-54-35-19-21-37-56(54)74(57-38-22-20-36-55(57)73)64-71-60(47-31-15-5-16-32-47)68-61(72-64)48-33-17-6-18-34-48/h1-42H. The van der Waals surface area contributed by atoms with Gasteiger partial charge in [-0.1, -0.05) is 206 Å². The van der Waals surface area contributed by atoms with Crippen LogP contribution in [0.4, 0.5) is 34.4 Å². The van der Waals surface area contributed by atoms with Gasteiger partial charge in [-0.25, -0.2) is 29.9 Å². The average molecular weight is 951 g/mol. The summed E-state index contributed by atoms with van der Waals surface area (Å²) in [5.41, 5.74) is 12.9. The van der Waals surface area contributed by atoms with Crippen LogP contribution in [0.2, 0.25) is 0 Å². The summed E-state index contributed by atoms with van der Waals surface area (Å²) in [6.07, 6.45) is 0. The zero-order chi connectivity index (χ0) is 49.2. The van der Waals surface area contributed by atoms with Crippen molar-refractivity contribution in [2.24, 2.45) is 0 Å². The quantitative estimate of drug-likeness (QED) is 0.131. The molecule has 348 valence electrons. The van der Waals surface area contributed by atoms with Crippen molar-refractivity contribution in [2.75, 3.05) is 9.80 Å². The molecule has 0 unspecified atom stereocenters. The van der Waals surface area contributed by atoms with Crippen molar-refractivity contribution in [1.29, 1.82) is 0 Å². The van der Waals surface area contributed by atoms with Gasteiger partial charge >= 0.3 is 0 Å². The Balaban J connectivity index is 1.05. The summed E-state index contributed by atoms with van der Waals surface area (Å²) in [7, 11) is 0. The van der Waals surface area contributed by atoms with E-state index in [9.17, 15) is 0 Å². The van der Waals surface area contributed by atoms with Crippen molar-refractivity contribution < 1.29 is 0 Å². The van der Waals surface area contributed by atoms with Crippen molar-refractivity contribution in [3.8, 4) is 90.8 Å². The molecule has 4 heterocycles. The number of anilines is 6. The molecule has 0 aliphatic carbocycles. The Labute approximate surface area is 427 Å². The summed E-state index contributed by atoms with van der Waals surface area (Å²) in [5, 5.41) is 0. The molecule has 9 aromatic carbocycles. The lowest BCUT2D eigenvalue weighted by atomic mass is 10.0. The van der Waals surface area contributed by atoms with Gasteiger partial charge in [-0.2, -0.15) is 9.97 Å². The number of nitrogens with zero attached hydrogens (tertiary/aromatic N) is 10. The molecular formula is C64H42N10. The highest BCUT2D eigenvalue weighted by Gasteiger charge is 2.34. The second-order valence-corrected chi connectivity index (χ2v) is 17.6. The largest absolute Gasteiger partial charge is 0.306 e. The van der Waals surface area contributed by atoms with E-state index in [4.69, 9.17) is 39.9 Å². The molecular weight excluding hydrogens is 909 g/mol. The molecule has 0 saturated heterocycles. The van der Waals surface area contributed by atoms with Crippen molar-refractivity contribution in [3.63, 3.8) is 0 Å². The Morgan fingerprint density at radius 1 is 0.203 bits per heavy atom. The van der Waals surface area contributed by atoms with Gasteiger partial charge in [0.25, 0.3) is 0 Å². The summed E-state index contributed by atoms with van der Waals surface area (Å²) >= 11 is 0. The van der Waals surface area contributed by atoms with E-state index >= 15 is 0 Å². The molecule has 0 amide bonds. The molecule has 13 rings (SSSR count). The molecule has 10 nitrogen and oxygen atoms in total. The predicted molar refractivity (Wildman–Crippen MR) is 295 cm³/mol. The van der Waals surface area contributed by atoms with E-state index in [1.54, 1.807) is 0 Å². The lowest BCUT2D eigenvalue weighted by Gasteiger charge is -2.39. The third-order valence-electron chi connectivity index (χ3n) is 12.9. The third-order valence-corrected chi connectivity index (χ3v) is 12.9. The number of fused-ring (bicyclic) bond motifs is 2. The Morgan fingerprint density at radius 3 is 0.905 bits per heavy atom. The second kappa shape index (κ2) is 19.1. The van der Waals surface area contributed by atoms with Crippen LogP contribution in [0.3, 0.4) is 0 Å². The fourth-order valence-corrected chi connectivity index (χ4v) is 9.38. The maximum Gasteiger partial charge on any atom is 0.238 e. The SMILES string of the molecule is c1ccc(-c2cc(-c3ccccc3)nc(-c3ccc(N4c5ccccc5N(c5nc(-c6ccccc6)nc(-c6ccccc6)n5)c5ccccc54)c(-c4nc(-c5ccccc5)nc(-c5ccccc5)n4)c3)n2)cc1. The molecule has 12 aromatic rings. The summed E-state index contributed by atoms with van der Waals surface area (Å²) in [6.45, 7) is 0. The first kappa shape index (κ1) is 43.7. The summed E-state index contributed by atoms with van der Waals surface area (Å²) in [6, 6.07) is 85.7. The van der Waals surface area contributed by atoms with Crippen LogP contribution in [0.25, 0.3) is 90.8 Å². The minimum Gasteiger partial charge on any atom is -0.306 e. The number of aromatic nitrogens is 8. The highest BCUT2D eigenvalue weighted by molar-refractivity contribution is 6.03. The maximum absolute atomic E-state index is 5.34. The van der Waals surface area contributed by atoms with Gasteiger partial charge in [0.05, 0.1) is 39.8 Å². The highest BCUT2D eigenvalue weighted by atomic mass is 15.3. The van der Waals surface area contributed by atoms with Gasteiger partial charge in [0.15, 0.2) is 34.9 Å². The molecule has 0 N–H and O–H groups in total. The van der Waals surface area contributed by atoms with Gasteiger partial charge < -0.3 is 4.90 Å². The number of hydrogen-bond donors (Lipinski definition) is 0. The lowest BCUT2D eigenvalue weighted by molar-refractivity contribution is 1.01. The molecule has 0 atom stereocenters. The minimum atomic E-state index is 0.479. The molecule has 0 saturated carbocycles. The Hall–Kier alpha value is -10.3. The first-order valence-electron chi connectivity index (χ1n) is 24.4. The minimum absolute atomic E-state index is 0.479. The van der Waals surface area contributed by atoms with Gasteiger partial charge in [0, 0.05) is 44.5 Å². The van der Waals surface area contributed by atoms with Gasteiger partial charge in [-0.05, 0) is 48.5 Å². The van der Waals surface area contributed by atoms with Crippen molar-refractivity contribution in [3.05, 3.63) is 255 Å². The van der Waals surface area contributed by atoms with E-state index < -0.39 is 0 Å². The van der Waals surface area contributed by atoms with E-state index in [0.29, 0.717) is 40.9 Å². The normalized spacial score (nSPS) is 11.7. The molecule has 3 aromatic heterocycles. The number of hydrogen-bond acceptors (Lipinski definition) is 10. The van der Waals surface area contributed by atoms with E-state index in [2.05, 4.69) is 94.7 Å². The Bertz CT molecular complexity index is 3740. The van der Waals surface area contributed by atoms with Crippen molar-refractivity contribution in [1.82, 2.24) is 39.9 Å².